The lowest BCUT2D eigenvalue weighted by molar-refractivity contribution is 0.172. The van der Waals surface area contributed by atoms with E-state index in [-0.39, 0.29) is 65.0 Å². The molecular formula is C21H22ClNO6. The van der Waals surface area contributed by atoms with Gasteiger partial charge in [-0.1, -0.05) is 12.1 Å². The molecule has 0 amide bonds. The summed E-state index contributed by atoms with van der Waals surface area (Å²) in [6.07, 6.45) is 0.652. The van der Waals surface area contributed by atoms with Gasteiger partial charge >= 0.3 is 0 Å². The molecule has 8 heteroatoms. The molecule has 0 saturated carbocycles. The molecule has 1 aliphatic heterocycles. The quantitative estimate of drug-likeness (QED) is 0.516. The van der Waals surface area contributed by atoms with E-state index < -0.39 is 5.43 Å². The first-order chi connectivity index (χ1) is 13.4. The van der Waals surface area contributed by atoms with Crippen molar-refractivity contribution < 1.29 is 24.8 Å². The van der Waals surface area contributed by atoms with Crippen molar-refractivity contribution in [3.05, 3.63) is 52.2 Å². The molecule has 2 aromatic carbocycles. The first-order valence-electron chi connectivity index (χ1n) is 9.04. The van der Waals surface area contributed by atoms with Crippen LogP contribution >= 0.6 is 12.4 Å². The Hall–Kier alpha value is -2.74. The lowest BCUT2D eigenvalue weighted by Crippen LogP contribution is -2.32. The molecule has 7 nitrogen and oxygen atoms in total. The summed E-state index contributed by atoms with van der Waals surface area (Å²) >= 11 is 0. The molecule has 4 rings (SSSR count). The lowest BCUT2D eigenvalue weighted by Gasteiger charge is -2.24. The third-order valence-electron chi connectivity index (χ3n) is 5.55. The maximum atomic E-state index is 12.8. The average molecular weight is 420 g/mol. The molecule has 0 aliphatic carbocycles. The van der Waals surface area contributed by atoms with Crippen molar-refractivity contribution in [1.82, 2.24) is 4.90 Å². The third-order valence-corrected chi connectivity index (χ3v) is 5.55. The first kappa shape index (κ1) is 21.0. The van der Waals surface area contributed by atoms with Gasteiger partial charge in [-0.05, 0) is 32.1 Å². The van der Waals surface area contributed by atoms with E-state index in [2.05, 4.69) is 0 Å². The molecule has 1 aliphatic rings. The number of hydrogen-bond donors (Lipinski definition) is 4. The molecule has 1 aromatic heterocycles. The summed E-state index contributed by atoms with van der Waals surface area (Å²) in [5.74, 6) is -0.763. The lowest BCUT2D eigenvalue weighted by atomic mass is 9.89. The predicted octanol–water partition coefficient (Wildman–Crippen LogP) is 2.78. The number of aliphatic hydroxyl groups is 1. The number of halogens is 1. The van der Waals surface area contributed by atoms with Crippen LogP contribution in [0.4, 0.5) is 0 Å². The van der Waals surface area contributed by atoms with Crippen molar-refractivity contribution in [1.29, 1.82) is 0 Å². The maximum absolute atomic E-state index is 12.8. The Morgan fingerprint density at radius 1 is 1.10 bits per heavy atom. The molecule has 0 spiro atoms. The molecular weight excluding hydrogens is 398 g/mol. The number of likely N-dealkylation sites (tertiary alicyclic amines) is 1. The summed E-state index contributed by atoms with van der Waals surface area (Å²) in [5, 5.41) is 40.8. The van der Waals surface area contributed by atoms with E-state index in [1.54, 1.807) is 18.2 Å². The highest BCUT2D eigenvalue weighted by Gasteiger charge is 2.36. The number of para-hydroxylation sites is 1. The molecule has 0 unspecified atom stereocenters. The summed E-state index contributed by atoms with van der Waals surface area (Å²) in [7, 11) is 1.88. The van der Waals surface area contributed by atoms with Gasteiger partial charge < -0.3 is 29.7 Å². The van der Waals surface area contributed by atoms with E-state index in [1.165, 1.54) is 12.1 Å². The Balaban J connectivity index is 0.00000240. The highest BCUT2D eigenvalue weighted by atomic mass is 35.5. The van der Waals surface area contributed by atoms with Crippen LogP contribution < -0.4 is 5.43 Å². The minimum absolute atomic E-state index is 0. The highest BCUT2D eigenvalue weighted by molar-refractivity contribution is 5.90. The molecule has 2 heterocycles. The van der Waals surface area contributed by atoms with Crippen LogP contribution in [0.25, 0.3) is 22.3 Å². The molecule has 1 fully saturated rings. The van der Waals surface area contributed by atoms with Crippen LogP contribution in [-0.2, 0) is 0 Å². The number of aliphatic hydroxyl groups excluding tert-OH is 1. The zero-order chi connectivity index (χ0) is 20.0. The van der Waals surface area contributed by atoms with Crippen LogP contribution in [0.15, 0.2) is 45.6 Å². The van der Waals surface area contributed by atoms with E-state index in [1.807, 2.05) is 11.9 Å². The Morgan fingerprint density at radius 2 is 1.83 bits per heavy atom. The van der Waals surface area contributed by atoms with E-state index >= 15 is 0 Å². The minimum atomic E-state index is -0.481. The van der Waals surface area contributed by atoms with Gasteiger partial charge in [-0.2, -0.15) is 0 Å². The molecule has 3 aromatic rings. The zero-order valence-electron chi connectivity index (χ0n) is 15.7. The number of likely N-dealkylation sites (N-methyl/N-ethyl adjacent to an activating group) is 1. The molecule has 4 N–H and O–H groups in total. The Morgan fingerprint density at radius 3 is 2.52 bits per heavy atom. The van der Waals surface area contributed by atoms with Crippen molar-refractivity contribution in [2.24, 2.45) is 0 Å². The van der Waals surface area contributed by atoms with Crippen LogP contribution in [0.5, 0.6) is 17.2 Å². The molecule has 2 atom stereocenters. The van der Waals surface area contributed by atoms with Gasteiger partial charge in [0.25, 0.3) is 0 Å². The van der Waals surface area contributed by atoms with Gasteiger partial charge in [0.2, 0.25) is 0 Å². The molecule has 1 saturated heterocycles. The zero-order valence-corrected chi connectivity index (χ0v) is 16.5. The third kappa shape index (κ3) is 3.42. The number of fused-ring (bicyclic) bond motifs is 1. The van der Waals surface area contributed by atoms with Crippen molar-refractivity contribution >= 4 is 23.4 Å². The van der Waals surface area contributed by atoms with Crippen molar-refractivity contribution in [2.75, 3.05) is 20.2 Å². The maximum Gasteiger partial charge on any atom is 0.197 e. The number of nitrogens with zero attached hydrogens (tertiary/aromatic N) is 1. The summed E-state index contributed by atoms with van der Waals surface area (Å²) in [6.45, 7) is 0.591. The topological polar surface area (TPSA) is 114 Å². The highest BCUT2D eigenvalue weighted by Crippen LogP contribution is 2.44. The monoisotopic (exact) mass is 419 g/mol. The van der Waals surface area contributed by atoms with Crippen molar-refractivity contribution in [2.45, 2.75) is 18.4 Å². The second-order valence-electron chi connectivity index (χ2n) is 7.15. The summed E-state index contributed by atoms with van der Waals surface area (Å²) in [6, 6.07) is 8.55. The van der Waals surface area contributed by atoms with Crippen LogP contribution in [0, 0.1) is 0 Å². The number of phenolic OH excluding ortho intramolecular Hbond substituents is 3. The number of hydrogen-bond acceptors (Lipinski definition) is 7. The normalized spacial score (nSPS) is 19.4. The Labute approximate surface area is 172 Å². The fourth-order valence-electron chi connectivity index (χ4n) is 4.11. The van der Waals surface area contributed by atoms with E-state index in [0.29, 0.717) is 24.1 Å². The van der Waals surface area contributed by atoms with Gasteiger partial charge in [0.05, 0.1) is 12.2 Å². The summed E-state index contributed by atoms with van der Waals surface area (Å²) < 4.78 is 5.96. The number of aromatic hydroxyl groups is 3. The van der Waals surface area contributed by atoms with Crippen LogP contribution in [0.1, 0.15) is 17.9 Å². The average Bonchev–Trinajstić information content (AvgIpc) is 3.01. The van der Waals surface area contributed by atoms with E-state index in [9.17, 15) is 25.2 Å². The molecule has 29 heavy (non-hydrogen) atoms. The molecule has 0 bridgehead atoms. The van der Waals surface area contributed by atoms with E-state index in [4.69, 9.17) is 4.42 Å². The van der Waals surface area contributed by atoms with Crippen LogP contribution in [0.2, 0.25) is 0 Å². The Kier molecular flexibility index (Phi) is 5.75. The fourth-order valence-corrected chi connectivity index (χ4v) is 4.11. The predicted molar refractivity (Wildman–Crippen MR) is 111 cm³/mol. The van der Waals surface area contributed by atoms with E-state index in [0.717, 1.165) is 6.07 Å². The van der Waals surface area contributed by atoms with Gasteiger partial charge in [-0.3, -0.25) is 4.79 Å². The van der Waals surface area contributed by atoms with Gasteiger partial charge in [0.15, 0.2) is 5.43 Å². The smallest absolute Gasteiger partial charge is 0.197 e. The largest absolute Gasteiger partial charge is 0.507 e. The number of phenols is 3. The summed E-state index contributed by atoms with van der Waals surface area (Å²) in [5.41, 5.74) is 0.301. The molecule has 0 radical (unpaired) electrons. The van der Waals surface area contributed by atoms with Crippen molar-refractivity contribution in [3.63, 3.8) is 0 Å². The summed E-state index contributed by atoms with van der Waals surface area (Å²) in [4.78, 5) is 14.7. The second-order valence-corrected chi connectivity index (χ2v) is 7.15. The van der Waals surface area contributed by atoms with Crippen molar-refractivity contribution in [3.8, 4) is 28.6 Å². The SMILES string of the molecule is CN1CC[C@H](c2c(O)cc(O)c3c(=O)cc(-c4ccccc4O)oc23)[C@H]1CO.Cl. The standard InChI is InChI=1S/C21H21NO6.ClH/c1-22-7-6-11(13(22)10-23)19-15(25)8-16(26)20-17(27)9-18(28-21(19)20)12-4-2-3-5-14(12)24;/h2-5,8-9,11,13,23-26H,6-7,10H2,1H3;1H/t11-,13+;/m0./s1. The first-order valence-corrected chi connectivity index (χ1v) is 9.04. The van der Waals surface area contributed by atoms with Crippen LogP contribution in [-0.4, -0.2) is 51.6 Å². The number of benzene rings is 2. The van der Waals surface area contributed by atoms with Gasteiger partial charge in [0, 0.05) is 29.7 Å². The molecule has 154 valence electrons. The fraction of sp³-hybridized carbons (Fsp3) is 0.286. The Bertz CT molecular complexity index is 1110. The van der Waals surface area contributed by atoms with Gasteiger partial charge in [-0.25, -0.2) is 0 Å². The minimum Gasteiger partial charge on any atom is -0.507 e. The number of rotatable bonds is 3. The van der Waals surface area contributed by atoms with Gasteiger partial charge in [-0.15, -0.1) is 12.4 Å². The second kappa shape index (κ2) is 7.94. The van der Waals surface area contributed by atoms with Gasteiger partial charge in [0.1, 0.15) is 34.0 Å². The van der Waals surface area contributed by atoms with Crippen LogP contribution in [0.3, 0.4) is 0 Å².